The fourth-order valence-corrected chi connectivity index (χ4v) is 2.61. The molecule has 0 bridgehead atoms. The minimum Gasteiger partial charge on any atom is -0.478 e. The monoisotopic (exact) mass is 341 g/mol. The Morgan fingerprint density at radius 1 is 1.08 bits per heavy atom. The quantitative estimate of drug-likeness (QED) is 0.722. The normalized spacial score (nSPS) is 13.0. The number of aromatic carboxylic acids is 1. The van der Waals surface area contributed by atoms with Gasteiger partial charge in [-0.05, 0) is 37.1 Å². The van der Waals surface area contributed by atoms with Crippen molar-refractivity contribution in [2.75, 3.05) is 13.2 Å². The number of carbonyl (C=O) groups excluding carboxylic acids is 1. The molecule has 2 N–H and O–H groups in total. The molecule has 0 aliphatic rings. The van der Waals surface area contributed by atoms with Crippen LogP contribution in [0.3, 0.4) is 0 Å². The molecule has 5 heteroatoms. The molecule has 5 nitrogen and oxygen atoms in total. The molecule has 1 atom stereocenters. The van der Waals surface area contributed by atoms with Crippen LogP contribution in [0, 0.1) is 0 Å². The summed E-state index contributed by atoms with van der Waals surface area (Å²) in [5.41, 5.74) is 1.30. The van der Waals surface area contributed by atoms with Gasteiger partial charge in [-0.15, -0.1) is 0 Å². The third-order valence-electron chi connectivity index (χ3n) is 4.15. The van der Waals surface area contributed by atoms with Gasteiger partial charge in [0.1, 0.15) is 5.41 Å². The Balaban J connectivity index is 2.07. The van der Waals surface area contributed by atoms with Gasteiger partial charge in [0, 0.05) is 13.1 Å². The highest BCUT2D eigenvalue weighted by Gasteiger charge is 2.36. The standard InChI is InChI=1S/C20H23NO4/c1-3-25-19(24)20(2,17-7-5-4-6-8-17)14-21-13-15-9-11-16(12-10-15)18(22)23/h4-12,21H,3,13-14H2,1-2H3,(H,22,23). The zero-order valence-electron chi connectivity index (χ0n) is 14.5. The Kier molecular flexibility index (Phi) is 6.31. The number of carboxylic acid groups (broad SMARTS) is 1. The van der Waals surface area contributed by atoms with Gasteiger partial charge in [0.25, 0.3) is 0 Å². The van der Waals surface area contributed by atoms with Gasteiger partial charge >= 0.3 is 11.9 Å². The lowest BCUT2D eigenvalue weighted by molar-refractivity contribution is -0.149. The summed E-state index contributed by atoms with van der Waals surface area (Å²) in [5, 5.41) is 12.2. The van der Waals surface area contributed by atoms with E-state index in [1.807, 2.05) is 37.3 Å². The first-order chi connectivity index (χ1) is 12.0. The van der Waals surface area contributed by atoms with E-state index in [0.717, 1.165) is 11.1 Å². The summed E-state index contributed by atoms with van der Waals surface area (Å²) >= 11 is 0. The van der Waals surface area contributed by atoms with Gasteiger partial charge in [0.05, 0.1) is 12.2 Å². The van der Waals surface area contributed by atoms with E-state index in [2.05, 4.69) is 5.32 Å². The fourth-order valence-electron chi connectivity index (χ4n) is 2.61. The summed E-state index contributed by atoms with van der Waals surface area (Å²) < 4.78 is 5.26. The van der Waals surface area contributed by atoms with Crippen LogP contribution in [0.5, 0.6) is 0 Å². The van der Waals surface area contributed by atoms with Crippen molar-refractivity contribution in [1.82, 2.24) is 5.32 Å². The van der Waals surface area contributed by atoms with Crippen molar-refractivity contribution >= 4 is 11.9 Å². The molecule has 0 heterocycles. The van der Waals surface area contributed by atoms with Gasteiger partial charge in [-0.3, -0.25) is 4.79 Å². The van der Waals surface area contributed by atoms with E-state index < -0.39 is 11.4 Å². The van der Waals surface area contributed by atoms with Crippen molar-refractivity contribution in [2.45, 2.75) is 25.8 Å². The molecule has 0 radical (unpaired) electrons. The minimum atomic E-state index is -0.946. The molecular formula is C20H23NO4. The molecule has 0 aromatic heterocycles. The maximum atomic E-state index is 12.5. The molecule has 0 aliphatic heterocycles. The Hall–Kier alpha value is -2.66. The lowest BCUT2D eigenvalue weighted by Crippen LogP contribution is -2.43. The first-order valence-corrected chi connectivity index (χ1v) is 8.23. The number of esters is 1. The zero-order valence-corrected chi connectivity index (χ0v) is 14.5. The zero-order chi connectivity index (χ0) is 18.3. The summed E-state index contributed by atoms with van der Waals surface area (Å²) in [4.78, 5) is 23.4. The maximum absolute atomic E-state index is 12.5. The van der Waals surface area contributed by atoms with E-state index in [1.54, 1.807) is 31.2 Å². The van der Waals surface area contributed by atoms with Gasteiger partial charge in [-0.1, -0.05) is 42.5 Å². The van der Waals surface area contributed by atoms with Crippen molar-refractivity contribution in [2.24, 2.45) is 0 Å². The Morgan fingerprint density at radius 2 is 1.72 bits per heavy atom. The second-order valence-electron chi connectivity index (χ2n) is 6.02. The van der Waals surface area contributed by atoms with Gasteiger partial charge in [-0.25, -0.2) is 4.79 Å². The predicted molar refractivity (Wildman–Crippen MR) is 95.5 cm³/mol. The number of benzene rings is 2. The summed E-state index contributed by atoms with van der Waals surface area (Å²) in [7, 11) is 0. The lowest BCUT2D eigenvalue weighted by atomic mass is 9.82. The Morgan fingerprint density at radius 3 is 2.28 bits per heavy atom. The topological polar surface area (TPSA) is 75.6 Å². The lowest BCUT2D eigenvalue weighted by Gasteiger charge is -2.28. The van der Waals surface area contributed by atoms with Crippen LogP contribution >= 0.6 is 0 Å². The Labute approximate surface area is 147 Å². The first-order valence-electron chi connectivity index (χ1n) is 8.23. The summed E-state index contributed by atoms with van der Waals surface area (Å²) in [6.07, 6.45) is 0. The van der Waals surface area contributed by atoms with E-state index in [1.165, 1.54) is 0 Å². The van der Waals surface area contributed by atoms with Crippen LogP contribution in [0.4, 0.5) is 0 Å². The van der Waals surface area contributed by atoms with E-state index in [9.17, 15) is 9.59 Å². The fraction of sp³-hybridized carbons (Fsp3) is 0.300. The highest BCUT2D eigenvalue weighted by Crippen LogP contribution is 2.25. The molecule has 1 unspecified atom stereocenters. The minimum absolute atomic E-state index is 0.254. The number of ether oxygens (including phenoxy) is 1. The summed E-state index contributed by atoms with van der Waals surface area (Å²) in [5.74, 6) is -1.21. The number of hydrogen-bond acceptors (Lipinski definition) is 4. The highest BCUT2D eigenvalue weighted by molar-refractivity contribution is 5.87. The molecule has 0 saturated carbocycles. The largest absolute Gasteiger partial charge is 0.478 e. The SMILES string of the molecule is CCOC(=O)C(C)(CNCc1ccc(C(=O)O)cc1)c1ccccc1. The number of carboxylic acids is 1. The first kappa shape index (κ1) is 18.7. The van der Waals surface area contributed by atoms with Crippen LogP contribution in [0.25, 0.3) is 0 Å². The van der Waals surface area contributed by atoms with Crippen LogP contribution in [-0.4, -0.2) is 30.2 Å². The summed E-state index contributed by atoms with van der Waals surface area (Å²) in [6.45, 7) is 4.93. The van der Waals surface area contributed by atoms with Crippen LogP contribution in [0.2, 0.25) is 0 Å². The number of hydrogen-bond donors (Lipinski definition) is 2. The van der Waals surface area contributed by atoms with Crippen LogP contribution < -0.4 is 5.32 Å². The van der Waals surface area contributed by atoms with E-state index in [4.69, 9.17) is 9.84 Å². The van der Waals surface area contributed by atoms with Crippen LogP contribution in [-0.2, 0) is 21.5 Å². The highest BCUT2D eigenvalue weighted by atomic mass is 16.5. The van der Waals surface area contributed by atoms with Gasteiger partial charge < -0.3 is 15.2 Å². The maximum Gasteiger partial charge on any atom is 0.335 e. The van der Waals surface area contributed by atoms with Crippen molar-refractivity contribution in [3.63, 3.8) is 0 Å². The number of nitrogens with one attached hydrogen (secondary N) is 1. The molecule has 2 aromatic rings. The second-order valence-corrected chi connectivity index (χ2v) is 6.02. The van der Waals surface area contributed by atoms with Crippen molar-refractivity contribution in [3.05, 3.63) is 71.3 Å². The van der Waals surface area contributed by atoms with E-state index in [-0.39, 0.29) is 11.5 Å². The van der Waals surface area contributed by atoms with Gasteiger partial charge in [0.15, 0.2) is 0 Å². The molecule has 132 valence electrons. The van der Waals surface area contributed by atoms with Crippen LogP contribution in [0.1, 0.15) is 35.3 Å². The average Bonchev–Trinajstić information content (AvgIpc) is 2.63. The van der Waals surface area contributed by atoms with Crippen molar-refractivity contribution in [1.29, 1.82) is 0 Å². The third kappa shape index (κ3) is 4.67. The molecule has 0 saturated heterocycles. The molecule has 0 aliphatic carbocycles. The number of carbonyl (C=O) groups is 2. The van der Waals surface area contributed by atoms with E-state index in [0.29, 0.717) is 19.7 Å². The molecular weight excluding hydrogens is 318 g/mol. The molecule has 0 spiro atoms. The molecule has 2 aromatic carbocycles. The predicted octanol–water partition coefficient (Wildman–Crippen LogP) is 3.00. The Bertz CT molecular complexity index is 712. The average molecular weight is 341 g/mol. The molecule has 2 rings (SSSR count). The molecule has 0 fully saturated rings. The molecule has 25 heavy (non-hydrogen) atoms. The van der Waals surface area contributed by atoms with Crippen molar-refractivity contribution < 1.29 is 19.4 Å². The number of rotatable bonds is 8. The van der Waals surface area contributed by atoms with Crippen LogP contribution in [0.15, 0.2) is 54.6 Å². The van der Waals surface area contributed by atoms with Gasteiger partial charge in [-0.2, -0.15) is 0 Å². The third-order valence-corrected chi connectivity index (χ3v) is 4.15. The smallest absolute Gasteiger partial charge is 0.335 e. The van der Waals surface area contributed by atoms with Crippen molar-refractivity contribution in [3.8, 4) is 0 Å². The second kappa shape index (κ2) is 8.44. The summed E-state index contributed by atoms with van der Waals surface area (Å²) in [6, 6.07) is 16.2. The van der Waals surface area contributed by atoms with Gasteiger partial charge in [0.2, 0.25) is 0 Å². The van der Waals surface area contributed by atoms with E-state index >= 15 is 0 Å². The molecule has 0 amide bonds.